The lowest BCUT2D eigenvalue weighted by Gasteiger charge is -2.14. The van der Waals surface area contributed by atoms with Gasteiger partial charge in [-0.3, -0.25) is 0 Å². The van der Waals surface area contributed by atoms with Gasteiger partial charge in [-0.2, -0.15) is 21.6 Å². The van der Waals surface area contributed by atoms with Gasteiger partial charge in [0.1, 0.15) is 5.76 Å². The lowest BCUT2D eigenvalue weighted by atomic mass is 10.1. The summed E-state index contributed by atoms with van der Waals surface area (Å²) in [4.78, 5) is 11.6. The number of esters is 1. The first-order chi connectivity index (χ1) is 9.89. The topological polar surface area (TPSA) is 69.7 Å². The lowest BCUT2D eigenvalue weighted by Crippen LogP contribution is -2.26. The molecule has 0 aliphatic heterocycles. The second-order valence-corrected chi connectivity index (χ2v) is 6.00. The van der Waals surface area contributed by atoms with Crippen molar-refractivity contribution in [2.45, 2.75) is 44.0 Å². The minimum Gasteiger partial charge on any atom is -0.463 e. The first-order valence-corrected chi connectivity index (χ1v) is 7.58. The lowest BCUT2D eigenvalue weighted by molar-refractivity contribution is -0.139. The monoisotopic (exact) mass is 352 g/mol. The molecule has 0 saturated heterocycles. The number of hydrogen-bond donors (Lipinski definition) is 0. The fourth-order valence-electron chi connectivity index (χ4n) is 1.73. The molecule has 0 bridgehead atoms. The average molecular weight is 352 g/mol. The molecule has 0 amide bonds. The summed E-state index contributed by atoms with van der Waals surface area (Å²) in [6.45, 7) is 1.24. The molecule has 11 heteroatoms. The van der Waals surface area contributed by atoms with Gasteiger partial charge in [-0.05, 0) is 13.3 Å². The Bertz CT molecular complexity index is 564. The summed E-state index contributed by atoms with van der Waals surface area (Å²) >= 11 is 0. The molecule has 0 N–H and O–H groups in total. The Morgan fingerprint density at radius 3 is 2.27 bits per heavy atom. The van der Waals surface area contributed by atoms with E-state index >= 15 is 0 Å². The van der Waals surface area contributed by atoms with Crippen LogP contribution in [0.15, 0.2) is 11.3 Å². The van der Waals surface area contributed by atoms with Crippen LogP contribution in [-0.2, 0) is 23.8 Å². The SMILES string of the molecule is CCOC(=O)C1=C(OS(=O)(=O)C(F)(F)F)CCC(F)(F)CC1. The number of halogens is 5. The third kappa shape index (κ3) is 4.55. The summed E-state index contributed by atoms with van der Waals surface area (Å²) in [5.74, 6) is -5.37. The van der Waals surface area contributed by atoms with Gasteiger partial charge in [0.05, 0.1) is 12.2 Å². The Kier molecular flexibility index (Phi) is 5.42. The van der Waals surface area contributed by atoms with E-state index in [1.165, 1.54) is 6.92 Å². The van der Waals surface area contributed by atoms with E-state index in [1.54, 1.807) is 0 Å². The van der Waals surface area contributed by atoms with Crippen LogP contribution >= 0.6 is 0 Å². The Balaban J connectivity index is 3.18. The zero-order chi connectivity index (χ0) is 17.2. The molecule has 1 aliphatic carbocycles. The quantitative estimate of drug-likeness (QED) is 0.337. The molecular weight excluding hydrogens is 339 g/mol. The predicted octanol–water partition coefficient (Wildman–Crippen LogP) is 2.88. The molecule has 0 unspecified atom stereocenters. The maximum Gasteiger partial charge on any atom is 0.534 e. The number of ether oxygens (including phenoxy) is 1. The number of alkyl halides is 5. The molecule has 0 atom stereocenters. The second kappa shape index (κ2) is 6.39. The van der Waals surface area contributed by atoms with E-state index in [9.17, 15) is 35.2 Å². The molecule has 0 aromatic rings. The molecule has 1 rings (SSSR count). The van der Waals surface area contributed by atoms with E-state index in [0.717, 1.165) is 0 Å². The van der Waals surface area contributed by atoms with Crippen molar-refractivity contribution >= 4 is 16.1 Å². The highest BCUT2D eigenvalue weighted by atomic mass is 32.2. The van der Waals surface area contributed by atoms with Crippen molar-refractivity contribution < 1.29 is 44.1 Å². The maximum absolute atomic E-state index is 13.3. The number of allylic oxidation sites excluding steroid dienone is 1. The smallest absolute Gasteiger partial charge is 0.463 e. The summed E-state index contributed by atoms with van der Waals surface area (Å²) in [5.41, 5.74) is -6.35. The molecule has 0 spiro atoms. The highest BCUT2D eigenvalue weighted by Crippen LogP contribution is 2.37. The van der Waals surface area contributed by atoms with Gasteiger partial charge in [-0.15, -0.1) is 0 Å². The van der Waals surface area contributed by atoms with Crippen LogP contribution < -0.4 is 0 Å². The van der Waals surface area contributed by atoms with E-state index in [-0.39, 0.29) is 6.61 Å². The van der Waals surface area contributed by atoms with E-state index in [2.05, 4.69) is 8.92 Å². The van der Waals surface area contributed by atoms with Crippen LogP contribution in [-0.4, -0.2) is 32.4 Å². The van der Waals surface area contributed by atoms with Gasteiger partial charge in [-0.25, -0.2) is 13.6 Å². The fraction of sp³-hybridized carbons (Fsp3) is 0.727. The Labute approximate surface area is 123 Å². The Morgan fingerprint density at radius 1 is 1.23 bits per heavy atom. The van der Waals surface area contributed by atoms with Crippen LogP contribution in [0, 0.1) is 0 Å². The molecule has 1 aliphatic rings. The minimum absolute atomic E-state index is 0.155. The van der Waals surface area contributed by atoms with Gasteiger partial charge in [-0.1, -0.05) is 0 Å². The molecule has 0 aromatic heterocycles. The van der Waals surface area contributed by atoms with E-state index < -0.39 is 64.5 Å². The fourth-order valence-corrected chi connectivity index (χ4v) is 2.27. The first kappa shape index (κ1) is 18.7. The molecule has 0 heterocycles. The molecular formula is C11H13F5O5S. The summed E-state index contributed by atoms with van der Waals surface area (Å²) < 4.78 is 94.0. The highest BCUT2D eigenvalue weighted by molar-refractivity contribution is 7.87. The van der Waals surface area contributed by atoms with Gasteiger partial charge in [0.2, 0.25) is 5.92 Å². The zero-order valence-electron chi connectivity index (χ0n) is 11.4. The third-order valence-corrected chi connectivity index (χ3v) is 3.80. The van der Waals surface area contributed by atoms with Crippen LogP contribution in [0.3, 0.4) is 0 Å². The number of carbonyl (C=O) groups is 1. The number of hydrogen-bond acceptors (Lipinski definition) is 5. The maximum atomic E-state index is 13.3. The summed E-state index contributed by atoms with van der Waals surface area (Å²) in [7, 11) is -6.04. The van der Waals surface area contributed by atoms with Crippen molar-refractivity contribution in [2.75, 3.05) is 6.61 Å². The van der Waals surface area contributed by atoms with E-state index in [0.29, 0.717) is 0 Å². The zero-order valence-corrected chi connectivity index (χ0v) is 12.2. The minimum atomic E-state index is -6.04. The molecule has 5 nitrogen and oxygen atoms in total. The van der Waals surface area contributed by atoms with Crippen molar-refractivity contribution in [1.29, 1.82) is 0 Å². The largest absolute Gasteiger partial charge is 0.534 e. The first-order valence-electron chi connectivity index (χ1n) is 6.17. The van der Waals surface area contributed by atoms with Gasteiger partial charge >= 0.3 is 21.6 Å². The van der Waals surface area contributed by atoms with Crippen molar-refractivity contribution in [2.24, 2.45) is 0 Å². The van der Waals surface area contributed by atoms with Crippen LogP contribution in [0.2, 0.25) is 0 Å². The normalized spacial score (nSPS) is 19.5. The van der Waals surface area contributed by atoms with Crippen LogP contribution in [0.1, 0.15) is 32.6 Å². The number of carbonyl (C=O) groups excluding carboxylic acids is 1. The summed E-state index contributed by atoms with van der Waals surface area (Å²) in [6, 6.07) is 0. The van der Waals surface area contributed by atoms with Gasteiger partial charge in [0.25, 0.3) is 0 Å². The van der Waals surface area contributed by atoms with Crippen molar-refractivity contribution in [1.82, 2.24) is 0 Å². The van der Waals surface area contributed by atoms with Crippen molar-refractivity contribution in [3.8, 4) is 0 Å². The van der Waals surface area contributed by atoms with Crippen LogP contribution in [0.5, 0.6) is 0 Å². The van der Waals surface area contributed by atoms with Crippen LogP contribution in [0.4, 0.5) is 22.0 Å². The highest BCUT2D eigenvalue weighted by Gasteiger charge is 2.49. The second-order valence-electron chi connectivity index (χ2n) is 4.46. The Morgan fingerprint density at radius 2 is 1.77 bits per heavy atom. The summed E-state index contributed by atoms with van der Waals surface area (Å²) in [6.07, 6.45) is -3.22. The van der Waals surface area contributed by atoms with E-state index in [1.807, 2.05) is 0 Å². The Hall–Kier alpha value is -1.39. The average Bonchev–Trinajstić information content (AvgIpc) is 2.47. The molecule has 0 aromatic carbocycles. The molecule has 128 valence electrons. The van der Waals surface area contributed by atoms with Gasteiger partial charge in [0.15, 0.2) is 0 Å². The van der Waals surface area contributed by atoms with Gasteiger partial charge < -0.3 is 8.92 Å². The molecule has 0 fully saturated rings. The van der Waals surface area contributed by atoms with Crippen molar-refractivity contribution in [3.63, 3.8) is 0 Å². The third-order valence-electron chi connectivity index (χ3n) is 2.81. The molecule has 0 saturated carbocycles. The molecule has 0 radical (unpaired) electrons. The van der Waals surface area contributed by atoms with E-state index in [4.69, 9.17) is 0 Å². The van der Waals surface area contributed by atoms with Crippen molar-refractivity contribution in [3.05, 3.63) is 11.3 Å². The predicted molar refractivity (Wildman–Crippen MR) is 63.1 cm³/mol. The molecule has 22 heavy (non-hydrogen) atoms. The summed E-state index contributed by atoms with van der Waals surface area (Å²) in [5, 5.41) is 0. The standard InChI is InChI=1S/C11H13F5O5S/c1-2-20-9(17)7-3-5-10(12,13)6-4-8(7)21-22(18,19)11(14,15)16/h2-6H2,1H3. The van der Waals surface area contributed by atoms with Crippen LogP contribution in [0.25, 0.3) is 0 Å². The van der Waals surface area contributed by atoms with Gasteiger partial charge in [0, 0.05) is 19.3 Å². The number of rotatable bonds is 4.